The van der Waals surface area contributed by atoms with Crippen molar-refractivity contribution in [2.24, 2.45) is 0 Å². The maximum Gasteiger partial charge on any atom is 0.251 e. The summed E-state index contributed by atoms with van der Waals surface area (Å²) < 4.78 is 11.1. The summed E-state index contributed by atoms with van der Waals surface area (Å²) in [6.07, 6.45) is 5.26. The molecule has 6 nitrogen and oxygen atoms in total. The van der Waals surface area contributed by atoms with Crippen LogP contribution in [0.25, 0.3) is 6.08 Å². The van der Waals surface area contributed by atoms with Crippen LogP contribution in [0, 0.1) is 0 Å². The Morgan fingerprint density at radius 3 is 2.56 bits per heavy atom. The highest BCUT2D eigenvalue weighted by molar-refractivity contribution is 6.03. The van der Waals surface area contributed by atoms with Gasteiger partial charge in [-0.25, -0.2) is 0 Å². The topological polar surface area (TPSA) is 76.7 Å². The van der Waals surface area contributed by atoms with Crippen molar-refractivity contribution in [1.82, 2.24) is 5.32 Å². The Balaban J connectivity index is 1.38. The van der Waals surface area contributed by atoms with Crippen LogP contribution in [-0.4, -0.2) is 31.1 Å². The highest BCUT2D eigenvalue weighted by atomic mass is 16.6. The Hall–Kier alpha value is -3.28. The van der Waals surface area contributed by atoms with E-state index in [1.54, 1.807) is 36.4 Å². The molecule has 1 aliphatic heterocycles. The van der Waals surface area contributed by atoms with Crippen LogP contribution in [0.4, 0.5) is 5.69 Å². The molecule has 1 aliphatic carbocycles. The molecule has 0 spiro atoms. The van der Waals surface area contributed by atoms with Crippen molar-refractivity contribution < 1.29 is 19.1 Å². The number of nitrogens with one attached hydrogen (secondary N) is 2. The average Bonchev–Trinajstić information content (AvgIpc) is 3.51. The second kappa shape index (κ2) is 7.53. The van der Waals surface area contributed by atoms with E-state index in [4.69, 9.17) is 9.47 Å². The normalized spacial score (nSPS) is 15.4. The van der Waals surface area contributed by atoms with Crippen LogP contribution >= 0.6 is 0 Å². The number of para-hydroxylation sites is 1. The number of amides is 2. The molecule has 0 bridgehead atoms. The molecule has 0 radical (unpaired) electrons. The van der Waals surface area contributed by atoms with Crippen molar-refractivity contribution in [3.63, 3.8) is 0 Å². The van der Waals surface area contributed by atoms with Gasteiger partial charge in [0.05, 0.1) is 5.69 Å². The number of carbonyl (C=O) groups excluding carboxylic acids is 2. The summed E-state index contributed by atoms with van der Waals surface area (Å²) in [7, 11) is 0. The van der Waals surface area contributed by atoms with Crippen molar-refractivity contribution in [3.05, 3.63) is 59.7 Å². The molecule has 2 amide bonds. The lowest BCUT2D eigenvalue weighted by Gasteiger charge is -2.20. The van der Waals surface area contributed by atoms with Crippen LogP contribution in [-0.2, 0) is 4.79 Å². The number of carbonyl (C=O) groups is 2. The van der Waals surface area contributed by atoms with Gasteiger partial charge in [0.1, 0.15) is 13.2 Å². The van der Waals surface area contributed by atoms with Gasteiger partial charge in [-0.3, -0.25) is 9.59 Å². The fraction of sp³-hybridized carbons (Fsp3) is 0.238. The number of benzene rings is 2. The number of rotatable bonds is 5. The summed E-state index contributed by atoms with van der Waals surface area (Å²) >= 11 is 0. The Morgan fingerprint density at radius 2 is 1.78 bits per heavy atom. The van der Waals surface area contributed by atoms with E-state index in [2.05, 4.69) is 10.6 Å². The fourth-order valence-electron chi connectivity index (χ4n) is 2.76. The minimum Gasteiger partial charge on any atom is -0.486 e. The molecule has 1 saturated carbocycles. The maximum absolute atomic E-state index is 12.2. The van der Waals surface area contributed by atoms with Crippen LogP contribution in [0.1, 0.15) is 28.8 Å². The summed E-state index contributed by atoms with van der Waals surface area (Å²) in [4.78, 5) is 24.2. The van der Waals surface area contributed by atoms with E-state index in [0.717, 1.165) is 18.4 Å². The second-order valence-electron chi connectivity index (χ2n) is 6.52. The Morgan fingerprint density at radius 1 is 1.00 bits per heavy atom. The van der Waals surface area contributed by atoms with Crippen molar-refractivity contribution in [3.8, 4) is 11.5 Å². The number of anilines is 1. The van der Waals surface area contributed by atoms with Crippen molar-refractivity contribution >= 4 is 23.6 Å². The van der Waals surface area contributed by atoms with Gasteiger partial charge in [0.2, 0.25) is 5.91 Å². The number of ether oxygens (including phenoxy) is 2. The largest absolute Gasteiger partial charge is 0.486 e. The molecule has 2 N–H and O–H groups in total. The van der Waals surface area contributed by atoms with E-state index >= 15 is 0 Å². The first-order valence-electron chi connectivity index (χ1n) is 8.98. The lowest BCUT2D eigenvalue weighted by molar-refractivity contribution is -0.111. The third-order valence-corrected chi connectivity index (χ3v) is 4.34. The zero-order chi connectivity index (χ0) is 18.6. The highest BCUT2D eigenvalue weighted by Gasteiger charge is 2.23. The van der Waals surface area contributed by atoms with Crippen molar-refractivity contribution in [2.75, 3.05) is 18.5 Å². The Labute approximate surface area is 157 Å². The van der Waals surface area contributed by atoms with Gasteiger partial charge in [-0.05, 0) is 48.7 Å². The van der Waals surface area contributed by atoms with Crippen LogP contribution in [0.5, 0.6) is 11.5 Å². The molecule has 1 heterocycles. The van der Waals surface area contributed by atoms with Gasteiger partial charge in [0.25, 0.3) is 5.91 Å². The van der Waals surface area contributed by atoms with E-state index < -0.39 is 0 Å². The molecule has 0 unspecified atom stereocenters. The number of hydrogen-bond acceptors (Lipinski definition) is 4. The summed E-state index contributed by atoms with van der Waals surface area (Å²) in [6, 6.07) is 12.9. The summed E-state index contributed by atoms with van der Waals surface area (Å²) in [6.45, 7) is 0.954. The third kappa shape index (κ3) is 4.28. The zero-order valence-electron chi connectivity index (χ0n) is 14.7. The molecule has 2 aromatic carbocycles. The van der Waals surface area contributed by atoms with E-state index in [9.17, 15) is 9.59 Å². The van der Waals surface area contributed by atoms with Gasteiger partial charge in [0, 0.05) is 17.7 Å². The average molecular weight is 364 g/mol. The third-order valence-electron chi connectivity index (χ3n) is 4.34. The molecule has 0 saturated heterocycles. The van der Waals surface area contributed by atoms with E-state index in [1.807, 2.05) is 12.1 Å². The highest BCUT2D eigenvalue weighted by Crippen LogP contribution is 2.37. The Kier molecular flexibility index (Phi) is 4.78. The smallest absolute Gasteiger partial charge is 0.251 e. The predicted octanol–water partition coefficient (Wildman–Crippen LogP) is 3.00. The molecule has 2 aromatic rings. The first-order chi connectivity index (χ1) is 13.2. The fourth-order valence-corrected chi connectivity index (χ4v) is 2.76. The van der Waals surface area contributed by atoms with E-state index in [0.29, 0.717) is 42.0 Å². The first-order valence-corrected chi connectivity index (χ1v) is 8.98. The lowest BCUT2D eigenvalue weighted by atomic mass is 10.1. The number of fused-ring (bicyclic) bond motifs is 1. The summed E-state index contributed by atoms with van der Waals surface area (Å²) in [5.41, 5.74) is 2.04. The number of hydrogen-bond donors (Lipinski definition) is 2. The summed E-state index contributed by atoms with van der Waals surface area (Å²) in [5, 5.41) is 5.75. The van der Waals surface area contributed by atoms with Crippen LogP contribution in [0.2, 0.25) is 0 Å². The quantitative estimate of drug-likeness (QED) is 0.800. The van der Waals surface area contributed by atoms with Gasteiger partial charge < -0.3 is 20.1 Å². The zero-order valence-corrected chi connectivity index (χ0v) is 14.7. The van der Waals surface area contributed by atoms with E-state index in [1.165, 1.54) is 6.08 Å². The first kappa shape index (κ1) is 17.1. The van der Waals surface area contributed by atoms with Gasteiger partial charge in [-0.2, -0.15) is 0 Å². The van der Waals surface area contributed by atoms with E-state index in [-0.39, 0.29) is 11.8 Å². The lowest BCUT2D eigenvalue weighted by Crippen LogP contribution is -2.25. The standard InChI is InChI=1S/C21H20N2O4/c24-19(23-17-2-1-3-18-20(17)27-13-12-26-18)11-6-14-4-7-15(8-5-14)21(25)22-16-9-10-16/h1-8,11,16H,9-10,12-13H2,(H,22,25)(H,23,24). The second-order valence-corrected chi connectivity index (χ2v) is 6.52. The minimum atomic E-state index is -0.270. The molecular weight excluding hydrogens is 344 g/mol. The minimum absolute atomic E-state index is 0.0538. The van der Waals surface area contributed by atoms with Crippen LogP contribution in [0.3, 0.4) is 0 Å². The van der Waals surface area contributed by atoms with Crippen LogP contribution in [0.15, 0.2) is 48.5 Å². The monoisotopic (exact) mass is 364 g/mol. The van der Waals surface area contributed by atoms with Crippen molar-refractivity contribution in [1.29, 1.82) is 0 Å². The molecule has 0 aromatic heterocycles. The van der Waals surface area contributed by atoms with Gasteiger partial charge in [0.15, 0.2) is 11.5 Å². The van der Waals surface area contributed by atoms with Gasteiger partial charge in [-0.1, -0.05) is 18.2 Å². The molecule has 27 heavy (non-hydrogen) atoms. The molecular formula is C21H20N2O4. The predicted molar refractivity (Wildman–Crippen MR) is 102 cm³/mol. The SMILES string of the molecule is O=C(C=Cc1ccc(C(=O)NC2CC2)cc1)Nc1cccc2c1OCCO2. The van der Waals surface area contributed by atoms with Gasteiger partial charge in [-0.15, -0.1) is 0 Å². The molecule has 6 heteroatoms. The molecule has 138 valence electrons. The van der Waals surface area contributed by atoms with Gasteiger partial charge >= 0.3 is 0 Å². The molecule has 2 aliphatic rings. The maximum atomic E-state index is 12.2. The Bertz CT molecular complexity index is 886. The van der Waals surface area contributed by atoms with Crippen LogP contribution < -0.4 is 20.1 Å². The molecule has 0 atom stereocenters. The van der Waals surface area contributed by atoms with Crippen molar-refractivity contribution in [2.45, 2.75) is 18.9 Å². The molecule has 1 fully saturated rings. The summed E-state index contributed by atoms with van der Waals surface area (Å²) in [5.74, 6) is 0.856. The molecule has 4 rings (SSSR count).